The van der Waals surface area contributed by atoms with Crippen molar-refractivity contribution >= 4 is 39.7 Å². The molecule has 4 aromatic rings. The first kappa shape index (κ1) is 28.2. The number of methoxy groups -OCH3 is 1. The van der Waals surface area contributed by atoms with Gasteiger partial charge in [0.15, 0.2) is 0 Å². The van der Waals surface area contributed by atoms with E-state index in [9.17, 15) is 9.90 Å². The summed E-state index contributed by atoms with van der Waals surface area (Å²) in [6, 6.07) is 17.4. The minimum atomic E-state index is -1.82. The van der Waals surface area contributed by atoms with E-state index in [0.29, 0.717) is 24.5 Å². The van der Waals surface area contributed by atoms with E-state index in [4.69, 9.17) is 24.5 Å². The van der Waals surface area contributed by atoms with Crippen LogP contribution in [0.25, 0.3) is 21.8 Å². The Morgan fingerprint density at radius 1 is 1.02 bits per heavy atom. The number of carboxylic acid groups (broad SMARTS) is 2. The highest BCUT2D eigenvalue weighted by molar-refractivity contribution is 6.27. The summed E-state index contributed by atoms with van der Waals surface area (Å²) < 4.78 is 5.35. The van der Waals surface area contributed by atoms with E-state index in [0.717, 1.165) is 59.2 Å². The second-order valence-electron chi connectivity index (χ2n) is 9.33. The quantitative estimate of drug-likeness (QED) is 0.265. The highest BCUT2D eigenvalue weighted by Crippen LogP contribution is 2.24. The highest BCUT2D eigenvalue weighted by Gasteiger charge is 2.23. The van der Waals surface area contributed by atoms with Gasteiger partial charge in [-0.2, -0.15) is 0 Å². The number of nitrogens with zero attached hydrogens (tertiary/aromatic N) is 3. The smallest absolute Gasteiger partial charge is 0.414 e. The van der Waals surface area contributed by atoms with Crippen molar-refractivity contribution < 1.29 is 34.4 Å². The third-order valence-corrected chi connectivity index (χ3v) is 6.74. The van der Waals surface area contributed by atoms with Crippen LogP contribution in [0.3, 0.4) is 0 Å². The largest absolute Gasteiger partial charge is 0.506 e. The van der Waals surface area contributed by atoms with Gasteiger partial charge in [-0.25, -0.2) is 14.6 Å². The van der Waals surface area contributed by atoms with Gasteiger partial charge >= 0.3 is 11.9 Å². The summed E-state index contributed by atoms with van der Waals surface area (Å²) in [6.07, 6.45) is 3.91. The van der Waals surface area contributed by atoms with Crippen LogP contribution < -0.4 is 10.1 Å². The maximum Gasteiger partial charge on any atom is 0.414 e. The molecule has 1 fully saturated rings. The van der Waals surface area contributed by atoms with Gasteiger partial charge in [0.1, 0.15) is 17.0 Å². The van der Waals surface area contributed by atoms with Gasteiger partial charge in [0.05, 0.1) is 24.7 Å². The van der Waals surface area contributed by atoms with E-state index in [1.54, 1.807) is 19.4 Å². The van der Waals surface area contributed by atoms with E-state index in [1.165, 1.54) is 0 Å². The number of aromatic nitrogens is 2. The first-order valence-electron chi connectivity index (χ1n) is 12.7. The molecule has 0 radical (unpaired) electrons. The van der Waals surface area contributed by atoms with Crippen LogP contribution in [0.1, 0.15) is 24.1 Å². The van der Waals surface area contributed by atoms with Gasteiger partial charge in [-0.3, -0.25) is 9.78 Å². The van der Waals surface area contributed by atoms with Crippen LogP contribution in [-0.2, 0) is 27.3 Å². The van der Waals surface area contributed by atoms with Crippen molar-refractivity contribution in [2.24, 2.45) is 0 Å². The number of carbonyl (C=O) groups excluding carboxylic acids is 1. The topological polar surface area (TPSA) is 162 Å². The van der Waals surface area contributed by atoms with Crippen molar-refractivity contribution in [2.75, 3.05) is 20.2 Å². The predicted octanol–water partition coefficient (Wildman–Crippen LogP) is 2.98. The molecular formula is C29H30N4O7. The average Bonchev–Trinajstić information content (AvgIpc) is 2.97. The number of carbonyl (C=O) groups is 3. The van der Waals surface area contributed by atoms with Gasteiger partial charge in [-0.05, 0) is 54.8 Å². The predicted molar refractivity (Wildman–Crippen MR) is 147 cm³/mol. The fraction of sp³-hybridized carbons (Fsp3) is 0.276. The second-order valence-corrected chi connectivity index (χ2v) is 9.33. The van der Waals surface area contributed by atoms with E-state index in [1.807, 2.05) is 53.4 Å². The second kappa shape index (κ2) is 12.9. The maximum atomic E-state index is 13.0. The lowest BCUT2D eigenvalue weighted by atomic mass is 10.0. The van der Waals surface area contributed by atoms with Crippen LogP contribution in [0.5, 0.6) is 11.5 Å². The monoisotopic (exact) mass is 546 g/mol. The van der Waals surface area contributed by atoms with Crippen molar-refractivity contribution in [1.82, 2.24) is 20.2 Å². The Morgan fingerprint density at radius 3 is 2.48 bits per heavy atom. The lowest BCUT2D eigenvalue weighted by Gasteiger charge is -2.32. The number of rotatable bonds is 6. The number of aromatic hydroxyl groups is 1. The zero-order valence-corrected chi connectivity index (χ0v) is 21.9. The fourth-order valence-corrected chi connectivity index (χ4v) is 4.59. The molecule has 0 atom stereocenters. The van der Waals surface area contributed by atoms with Gasteiger partial charge in [0.25, 0.3) is 0 Å². The van der Waals surface area contributed by atoms with Gasteiger partial charge in [-0.1, -0.05) is 18.2 Å². The number of hydrogen-bond donors (Lipinski definition) is 4. The summed E-state index contributed by atoms with van der Waals surface area (Å²) in [7, 11) is 1.64. The number of amides is 1. The molecule has 2 aromatic carbocycles. The molecule has 0 saturated carbocycles. The van der Waals surface area contributed by atoms with Crippen molar-refractivity contribution in [3.8, 4) is 11.5 Å². The number of para-hydroxylation sites is 1. The zero-order valence-electron chi connectivity index (χ0n) is 21.9. The molecule has 5 rings (SSSR count). The molecule has 0 bridgehead atoms. The molecule has 1 amide bonds. The van der Waals surface area contributed by atoms with Crippen LogP contribution in [0, 0.1) is 0 Å². The Morgan fingerprint density at radius 2 is 1.77 bits per heavy atom. The van der Waals surface area contributed by atoms with Gasteiger partial charge < -0.3 is 30.3 Å². The standard InChI is InChI=1S/C27H28N4O3.C2H2O4/c1-34-22-7-8-24-23(16-22)19(9-12-28-24)15-26(33)31-13-10-20(11-14-31)29-17-21-6-5-18-3-2-4-25(32)27(18)30-21;3-1(4)2(5)6/h2-9,12,16,20,29,32H,10-11,13-15,17H2,1H3;(H,3,4)(H,5,6). The van der Waals surface area contributed by atoms with E-state index < -0.39 is 11.9 Å². The van der Waals surface area contributed by atoms with E-state index >= 15 is 0 Å². The third kappa shape index (κ3) is 7.00. The number of pyridine rings is 2. The number of nitrogens with one attached hydrogen (secondary N) is 1. The lowest BCUT2D eigenvalue weighted by molar-refractivity contribution is -0.159. The average molecular weight is 547 g/mol. The molecule has 11 nitrogen and oxygen atoms in total. The number of aliphatic carboxylic acids is 2. The first-order chi connectivity index (χ1) is 19.2. The number of phenols is 1. The Balaban J connectivity index is 0.000000557. The van der Waals surface area contributed by atoms with Crippen molar-refractivity contribution in [3.63, 3.8) is 0 Å². The Hall–Kier alpha value is -4.77. The minimum Gasteiger partial charge on any atom is -0.506 e. The molecule has 0 spiro atoms. The van der Waals surface area contributed by atoms with E-state index in [2.05, 4.69) is 15.3 Å². The number of piperidine rings is 1. The Labute approximate surface area is 230 Å². The summed E-state index contributed by atoms with van der Waals surface area (Å²) >= 11 is 0. The SMILES string of the molecule is COc1ccc2nccc(CC(=O)N3CCC(NCc4ccc5cccc(O)c5n4)CC3)c2c1.O=C(O)C(=O)O. The highest BCUT2D eigenvalue weighted by atomic mass is 16.5. The van der Waals surface area contributed by atoms with Crippen molar-refractivity contribution in [2.45, 2.75) is 31.8 Å². The molecule has 40 heavy (non-hydrogen) atoms. The molecule has 2 aromatic heterocycles. The number of ether oxygens (including phenoxy) is 1. The molecule has 3 heterocycles. The summed E-state index contributed by atoms with van der Waals surface area (Å²) in [6.45, 7) is 2.09. The number of fused-ring (bicyclic) bond motifs is 2. The summed E-state index contributed by atoms with van der Waals surface area (Å²) in [5, 5.41) is 30.3. The number of benzene rings is 2. The molecule has 11 heteroatoms. The minimum absolute atomic E-state index is 0.139. The zero-order chi connectivity index (χ0) is 28.6. The van der Waals surface area contributed by atoms with Crippen LogP contribution in [0.4, 0.5) is 0 Å². The molecule has 1 aliphatic rings. The summed E-state index contributed by atoms with van der Waals surface area (Å²) in [4.78, 5) is 42.2. The van der Waals surface area contributed by atoms with Crippen LogP contribution in [0.2, 0.25) is 0 Å². The number of phenolic OH excluding ortho intramolecular Hbond substituents is 1. The molecule has 4 N–H and O–H groups in total. The molecule has 1 saturated heterocycles. The molecule has 208 valence electrons. The van der Waals surface area contributed by atoms with Crippen LogP contribution in [0.15, 0.2) is 60.8 Å². The maximum absolute atomic E-state index is 13.0. The van der Waals surface area contributed by atoms with Crippen molar-refractivity contribution in [1.29, 1.82) is 0 Å². The number of likely N-dealkylation sites (tertiary alicyclic amines) is 1. The van der Waals surface area contributed by atoms with Crippen molar-refractivity contribution in [3.05, 3.63) is 72.1 Å². The summed E-state index contributed by atoms with van der Waals surface area (Å²) in [5.41, 5.74) is 3.36. The molecule has 0 aliphatic carbocycles. The number of hydrogen-bond acceptors (Lipinski definition) is 8. The molecule has 1 aliphatic heterocycles. The van der Waals surface area contributed by atoms with Gasteiger partial charge in [0, 0.05) is 42.6 Å². The van der Waals surface area contributed by atoms with Gasteiger partial charge in [0.2, 0.25) is 5.91 Å². The Bertz CT molecular complexity index is 1520. The lowest BCUT2D eigenvalue weighted by Crippen LogP contribution is -2.45. The Kier molecular flexibility index (Phi) is 9.07. The van der Waals surface area contributed by atoms with Gasteiger partial charge in [-0.15, -0.1) is 0 Å². The number of carboxylic acids is 2. The normalized spacial score (nSPS) is 13.5. The van der Waals surface area contributed by atoms with Crippen LogP contribution >= 0.6 is 0 Å². The fourth-order valence-electron chi connectivity index (χ4n) is 4.59. The van der Waals surface area contributed by atoms with E-state index in [-0.39, 0.29) is 11.7 Å². The summed E-state index contributed by atoms with van der Waals surface area (Å²) in [5.74, 6) is -2.55. The first-order valence-corrected chi connectivity index (χ1v) is 12.7. The van der Waals surface area contributed by atoms with Crippen LogP contribution in [-0.4, -0.2) is 74.3 Å². The molecular weight excluding hydrogens is 516 g/mol. The molecule has 0 unspecified atom stereocenters. The third-order valence-electron chi connectivity index (χ3n) is 6.74.